The first-order chi connectivity index (χ1) is 8.76. The van der Waals surface area contributed by atoms with Crippen LogP contribution in [0.2, 0.25) is 0 Å². The first-order valence-electron chi connectivity index (χ1n) is 5.38. The Labute approximate surface area is 114 Å². The fourth-order valence-electron chi connectivity index (χ4n) is 1.32. The van der Waals surface area contributed by atoms with Crippen LogP contribution in [0.15, 0.2) is 16.3 Å². The maximum absolute atomic E-state index is 11.9. The molecule has 0 saturated carbocycles. The van der Waals surface area contributed by atoms with Gasteiger partial charge in [0.25, 0.3) is 10.0 Å². The summed E-state index contributed by atoms with van der Waals surface area (Å²) in [5.74, 6) is -2.34. The number of amides is 1. The lowest BCUT2D eigenvalue weighted by atomic mass is 10.2. The first-order valence-corrected chi connectivity index (χ1v) is 7.68. The van der Waals surface area contributed by atoms with Crippen molar-refractivity contribution in [1.29, 1.82) is 0 Å². The average molecular weight is 306 g/mol. The lowest BCUT2D eigenvalue weighted by molar-refractivity contribution is -0.140. The van der Waals surface area contributed by atoms with Crippen molar-refractivity contribution < 1.29 is 23.1 Å². The monoisotopic (exact) mass is 306 g/mol. The van der Waals surface area contributed by atoms with Crippen LogP contribution in [0, 0.1) is 0 Å². The molecule has 9 heteroatoms. The summed E-state index contributed by atoms with van der Waals surface area (Å²) in [4.78, 5) is 22.5. The van der Waals surface area contributed by atoms with Gasteiger partial charge < -0.3 is 10.8 Å². The number of hydrogen-bond donors (Lipinski definition) is 3. The van der Waals surface area contributed by atoms with Crippen molar-refractivity contribution in [2.75, 3.05) is 0 Å². The molecule has 0 aliphatic carbocycles. The first kappa shape index (κ1) is 15.6. The van der Waals surface area contributed by atoms with Crippen molar-refractivity contribution in [3.63, 3.8) is 0 Å². The van der Waals surface area contributed by atoms with Crippen LogP contribution in [-0.4, -0.2) is 31.4 Å². The largest absolute Gasteiger partial charge is 0.480 e. The molecule has 1 aromatic heterocycles. The van der Waals surface area contributed by atoms with E-state index < -0.39 is 34.4 Å². The van der Waals surface area contributed by atoms with Crippen LogP contribution in [0.3, 0.4) is 0 Å². The number of carbonyl (C=O) groups is 2. The highest BCUT2D eigenvalue weighted by Crippen LogP contribution is 2.22. The molecule has 4 N–H and O–H groups in total. The normalized spacial score (nSPS) is 13.1. The van der Waals surface area contributed by atoms with E-state index in [1.807, 2.05) is 11.6 Å². The SMILES string of the molecule is CCc1ccc(S(=O)(=O)N[C@@H](CC(N)=O)C(=O)O)s1. The Hall–Kier alpha value is -1.45. The molecule has 0 aliphatic heterocycles. The molecule has 0 fully saturated rings. The Morgan fingerprint density at radius 3 is 2.53 bits per heavy atom. The van der Waals surface area contributed by atoms with Crippen molar-refractivity contribution in [3.05, 3.63) is 17.0 Å². The van der Waals surface area contributed by atoms with E-state index in [-0.39, 0.29) is 4.21 Å². The number of thiophene rings is 1. The molecule has 7 nitrogen and oxygen atoms in total. The van der Waals surface area contributed by atoms with E-state index in [4.69, 9.17) is 10.8 Å². The fraction of sp³-hybridized carbons (Fsp3) is 0.400. The van der Waals surface area contributed by atoms with E-state index in [0.717, 1.165) is 16.2 Å². The van der Waals surface area contributed by atoms with Crippen LogP contribution < -0.4 is 10.5 Å². The molecule has 1 aromatic rings. The average Bonchev–Trinajstić information content (AvgIpc) is 2.76. The Bertz CT molecular complexity index is 578. The van der Waals surface area contributed by atoms with Crippen LogP contribution in [0.4, 0.5) is 0 Å². The molecular weight excluding hydrogens is 292 g/mol. The third kappa shape index (κ3) is 4.30. The zero-order chi connectivity index (χ0) is 14.6. The van der Waals surface area contributed by atoms with Gasteiger partial charge in [0.05, 0.1) is 6.42 Å². The molecule has 0 spiro atoms. The molecule has 19 heavy (non-hydrogen) atoms. The number of sulfonamides is 1. The minimum absolute atomic E-state index is 0.0140. The Balaban J connectivity index is 2.93. The third-order valence-corrected chi connectivity index (χ3v) is 5.44. The lowest BCUT2D eigenvalue weighted by Crippen LogP contribution is -2.43. The summed E-state index contributed by atoms with van der Waals surface area (Å²) >= 11 is 1.05. The second-order valence-electron chi connectivity index (χ2n) is 3.76. The predicted molar refractivity (Wildman–Crippen MR) is 69.3 cm³/mol. The summed E-state index contributed by atoms with van der Waals surface area (Å²) in [5, 5.41) is 8.85. The molecule has 0 radical (unpaired) electrons. The van der Waals surface area contributed by atoms with Gasteiger partial charge in [-0.2, -0.15) is 4.72 Å². The number of hydrogen-bond acceptors (Lipinski definition) is 5. The highest BCUT2D eigenvalue weighted by atomic mass is 32.2. The Morgan fingerprint density at radius 1 is 1.47 bits per heavy atom. The van der Waals surface area contributed by atoms with Gasteiger partial charge in [0.2, 0.25) is 5.91 Å². The predicted octanol–water partition coefficient (Wildman–Crippen LogP) is -0.0826. The molecule has 0 saturated heterocycles. The van der Waals surface area contributed by atoms with Crippen LogP contribution in [0.1, 0.15) is 18.2 Å². The molecule has 106 valence electrons. The number of aliphatic carboxylic acids is 1. The summed E-state index contributed by atoms with van der Waals surface area (Å²) in [6.45, 7) is 1.88. The van der Waals surface area contributed by atoms with E-state index >= 15 is 0 Å². The smallest absolute Gasteiger partial charge is 0.322 e. The molecule has 1 amide bonds. The van der Waals surface area contributed by atoms with Gasteiger partial charge >= 0.3 is 5.97 Å². The van der Waals surface area contributed by atoms with Gasteiger partial charge in [0.15, 0.2) is 0 Å². The number of primary amides is 1. The summed E-state index contributed by atoms with van der Waals surface area (Å²) in [6.07, 6.45) is 0.0877. The minimum Gasteiger partial charge on any atom is -0.480 e. The van der Waals surface area contributed by atoms with E-state index in [1.54, 1.807) is 6.07 Å². The summed E-state index contributed by atoms with van der Waals surface area (Å²) < 4.78 is 25.9. The summed E-state index contributed by atoms with van der Waals surface area (Å²) in [6, 6.07) is 1.49. The van der Waals surface area contributed by atoms with Crippen LogP contribution >= 0.6 is 11.3 Å². The molecule has 0 unspecified atom stereocenters. The molecule has 0 aliphatic rings. The zero-order valence-corrected chi connectivity index (χ0v) is 11.8. The van der Waals surface area contributed by atoms with Gasteiger partial charge in [-0.25, -0.2) is 8.42 Å². The summed E-state index contributed by atoms with van der Waals surface area (Å²) in [7, 11) is -3.96. The minimum atomic E-state index is -3.96. The van der Waals surface area contributed by atoms with Gasteiger partial charge in [-0.15, -0.1) is 11.3 Å². The van der Waals surface area contributed by atoms with Crippen molar-refractivity contribution in [1.82, 2.24) is 4.72 Å². The summed E-state index contributed by atoms with van der Waals surface area (Å²) in [5.41, 5.74) is 4.88. The molecular formula is C10H14N2O5S2. The van der Waals surface area contributed by atoms with Crippen molar-refractivity contribution in [3.8, 4) is 0 Å². The van der Waals surface area contributed by atoms with Crippen molar-refractivity contribution >= 4 is 33.2 Å². The number of nitrogens with two attached hydrogens (primary N) is 1. The number of carboxylic acid groups (broad SMARTS) is 1. The van der Waals surface area contributed by atoms with Crippen LogP contribution in [0.5, 0.6) is 0 Å². The Morgan fingerprint density at radius 2 is 2.11 bits per heavy atom. The Kier molecular flexibility index (Phi) is 5.04. The lowest BCUT2D eigenvalue weighted by Gasteiger charge is -2.11. The van der Waals surface area contributed by atoms with Gasteiger partial charge in [0.1, 0.15) is 10.3 Å². The number of carbonyl (C=O) groups excluding carboxylic acids is 1. The van der Waals surface area contributed by atoms with Gasteiger partial charge in [-0.05, 0) is 18.6 Å². The maximum atomic E-state index is 11.9. The van der Waals surface area contributed by atoms with Gasteiger partial charge in [-0.3, -0.25) is 9.59 Å². The third-order valence-electron chi connectivity index (χ3n) is 2.25. The van der Waals surface area contributed by atoms with Crippen LogP contribution in [0.25, 0.3) is 0 Å². The van der Waals surface area contributed by atoms with Crippen molar-refractivity contribution in [2.45, 2.75) is 30.0 Å². The quantitative estimate of drug-likeness (QED) is 0.649. The van der Waals surface area contributed by atoms with Crippen LogP contribution in [-0.2, 0) is 26.0 Å². The number of carboxylic acids is 1. The molecule has 1 atom stereocenters. The fourth-order valence-corrected chi connectivity index (χ4v) is 3.82. The number of rotatable bonds is 7. The topological polar surface area (TPSA) is 127 Å². The number of nitrogens with one attached hydrogen (secondary N) is 1. The molecule has 0 bridgehead atoms. The van der Waals surface area contributed by atoms with E-state index in [9.17, 15) is 18.0 Å². The number of aryl methyl sites for hydroxylation is 1. The molecule has 1 rings (SSSR count). The standard InChI is InChI=1S/C10H14N2O5S2/c1-2-6-3-4-9(18-6)19(16,17)12-7(10(14)15)5-8(11)13/h3-4,7,12H,2,5H2,1H3,(H2,11,13)(H,14,15)/t7-/m0/s1. The van der Waals surface area contributed by atoms with E-state index in [1.165, 1.54) is 6.07 Å². The zero-order valence-electron chi connectivity index (χ0n) is 10.1. The second-order valence-corrected chi connectivity index (χ2v) is 6.87. The van der Waals surface area contributed by atoms with E-state index in [2.05, 4.69) is 0 Å². The molecule has 0 aromatic carbocycles. The van der Waals surface area contributed by atoms with Crippen molar-refractivity contribution in [2.24, 2.45) is 5.73 Å². The van der Waals surface area contributed by atoms with Gasteiger partial charge in [-0.1, -0.05) is 6.92 Å². The highest BCUT2D eigenvalue weighted by molar-refractivity contribution is 7.91. The van der Waals surface area contributed by atoms with E-state index in [0.29, 0.717) is 6.42 Å². The van der Waals surface area contributed by atoms with Gasteiger partial charge in [0, 0.05) is 4.88 Å². The second kappa shape index (κ2) is 6.13. The maximum Gasteiger partial charge on any atom is 0.322 e. The molecule has 1 heterocycles. The highest BCUT2D eigenvalue weighted by Gasteiger charge is 2.27.